The highest BCUT2D eigenvalue weighted by atomic mass is 16.3. The zero-order valence-electron chi connectivity index (χ0n) is 10.9. The maximum Gasteiger partial charge on any atom is 0.0633 e. The van der Waals surface area contributed by atoms with Crippen molar-refractivity contribution in [3.05, 3.63) is 71.8 Å². The zero-order valence-corrected chi connectivity index (χ0v) is 10.9. The molecule has 0 heterocycles. The summed E-state index contributed by atoms with van der Waals surface area (Å²) >= 11 is 0. The van der Waals surface area contributed by atoms with Gasteiger partial charge in [-0.3, -0.25) is 0 Å². The van der Waals surface area contributed by atoms with Crippen molar-refractivity contribution < 1.29 is 5.11 Å². The Morgan fingerprint density at radius 1 is 0.947 bits per heavy atom. The van der Waals surface area contributed by atoms with E-state index in [0.717, 1.165) is 11.1 Å². The van der Waals surface area contributed by atoms with Crippen LogP contribution in [0.3, 0.4) is 0 Å². The first-order valence-electron chi connectivity index (χ1n) is 6.40. The van der Waals surface area contributed by atoms with Gasteiger partial charge >= 0.3 is 0 Å². The van der Waals surface area contributed by atoms with Crippen LogP contribution in [0.1, 0.15) is 17.2 Å². The number of hydrogen-bond acceptors (Lipinski definition) is 3. The van der Waals surface area contributed by atoms with Gasteiger partial charge in [0.15, 0.2) is 0 Å². The zero-order chi connectivity index (χ0) is 13.7. The summed E-state index contributed by atoms with van der Waals surface area (Å²) in [6.07, 6.45) is 0.542. The maximum absolute atomic E-state index is 9.67. The Bertz CT molecular complexity index is 501. The van der Waals surface area contributed by atoms with Gasteiger partial charge in [0.1, 0.15) is 0 Å². The van der Waals surface area contributed by atoms with Gasteiger partial charge in [0.2, 0.25) is 0 Å². The van der Waals surface area contributed by atoms with Crippen LogP contribution in [0.4, 0.5) is 0 Å². The fourth-order valence-electron chi connectivity index (χ4n) is 2.23. The Balaban J connectivity index is 2.22. The number of aliphatic hydroxyl groups excluding tert-OH is 1. The second-order valence-corrected chi connectivity index (χ2v) is 4.94. The minimum Gasteiger partial charge on any atom is -0.394 e. The third-order valence-electron chi connectivity index (χ3n) is 3.45. The standard InChI is InChI=1S/C16H20N2O/c17-15(14-9-5-2-6-10-14)16(18,12-19)11-13-7-3-1-4-8-13/h1-10,15,19H,11-12,17-18H2/t15-,16-/m1/s1. The van der Waals surface area contributed by atoms with Crippen LogP contribution in [0, 0.1) is 0 Å². The van der Waals surface area contributed by atoms with Crippen LogP contribution in [0.15, 0.2) is 60.7 Å². The van der Waals surface area contributed by atoms with Gasteiger partial charge in [-0.25, -0.2) is 0 Å². The Labute approximate surface area is 113 Å². The number of benzene rings is 2. The molecule has 0 bridgehead atoms. The van der Waals surface area contributed by atoms with E-state index in [0.29, 0.717) is 6.42 Å². The highest BCUT2D eigenvalue weighted by Crippen LogP contribution is 2.25. The molecular formula is C16H20N2O. The van der Waals surface area contributed by atoms with Crippen LogP contribution in [0.25, 0.3) is 0 Å². The van der Waals surface area contributed by atoms with Gasteiger partial charge < -0.3 is 16.6 Å². The lowest BCUT2D eigenvalue weighted by atomic mass is 9.82. The van der Waals surface area contributed by atoms with Crippen molar-refractivity contribution in [2.24, 2.45) is 11.5 Å². The third-order valence-corrected chi connectivity index (χ3v) is 3.45. The summed E-state index contributed by atoms with van der Waals surface area (Å²) in [5, 5.41) is 9.67. The van der Waals surface area contributed by atoms with E-state index in [2.05, 4.69) is 0 Å². The SMILES string of the molecule is N[C@H](c1ccccc1)[C@](N)(CO)Cc1ccccc1. The van der Waals surface area contributed by atoms with Crippen LogP contribution in [-0.2, 0) is 6.42 Å². The molecule has 2 aromatic rings. The summed E-state index contributed by atoms with van der Waals surface area (Å²) in [4.78, 5) is 0. The summed E-state index contributed by atoms with van der Waals surface area (Å²) in [6.45, 7) is -0.155. The van der Waals surface area contributed by atoms with E-state index in [4.69, 9.17) is 11.5 Å². The summed E-state index contributed by atoms with van der Waals surface area (Å²) in [6, 6.07) is 19.1. The van der Waals surface area contributed by atoms with E-state index >= 15 is 0 Å². The molecule has 2 aromatic carbocycles. The molecule has 0 radical (unpaired) electrons. The fraction of sp³-hybridized carbons (Fsp3) is 0.250. The second-order valence-electron chi connectivity index (χ2n) is 4.94. The third kappa shape index (κ3) is 3.20. The van der Waals surface area contributed by atoms with Gasteiger partial charge in [-0.15, -0.1) is 0 Å². The van der Waals surface area contributed by atoms with Crippen LogP contribution < -0.4 is 11.5 Å². The van der Waals surface area contributed by atoms with E-state index in [9.17, 15) is 5.11 Å². The molecule has 100 valence electrons. The molecule has 19 heavy (non-hydrogen) atoms. The molecule has 0 saturated heterocycles. The molecule has 0 aliphatic rings. The molecule has 0 unspecified atom stereocenters. The van der Waals surface area contributed by atoms with Crippen LogP contribution in [0.5, 0.6) is 0 Å². The number of hydrogen-bond donors (Lipinski definition) is 3. The van der Waals surface area contributed by atoms with E-state index in [-0.39, 0.29) is 6.61 Å². The maximum atomic E-state index is 9.67. The van der Waals surface area contributed by atoms with Crippen LogP contribution in [-0.4, -0.2) is 17.3 Å². The molecule has 0 fully saturated rings. The smallest absolute Gasteiger partial charge is 0.0633 e. The van der Waals surface area contributed by atoms with Gasteiger partial charge in [0.05, 0.1) is 18.2 Å². The topological polar surface area (TPSA) is 72.3 Å². The average molecular weight is 256 g/mol. The lowest BCUT2D eigenvalue weighted by Crippen LogP contribution is -2.54. The normalized spacial score (nSPS) is 15.7. The average Bonchev–Trinajstić information content (AvgIpc) is 2.48. The summed E-state index contributed by atoms with van der Waals surface area (Å²) < 4.78 is 0. The lowest BCUT2D eigenvalue weighted by Gasteiger charge is -2.34. The molecule has 5 N–H and O–H groups in total. The first kappa shape index (κ1) is 13.7. The summed E-state index contributed by atoms with van der Waals surface area (Å²) in [7, 11) is 0. The highest BCUT2D eigenvalue weighted by Gasteiger charge is 2.33. The van der Waals surface area contributed by atoms with Gasteiger partial charge in [-0.2, -0.15) is 0 Å². The molecule has 2 rings (SSSR count). The molecule has 2 atom stereocenters. The Hall–Kier alpha value is -1.68. The minimum absolute atomic E-state index is 0.155. The van der Waals surface area contributed by atoms with Gasteiger partial charge in [0.25, 0.3) is 0 Å². The Morgan fingerprint density at radius 3 is 2.00 bits per heavy atom. The van der Waals surface area contributed by atoms with E-state index in [1.165, 1.54) is 0 Å². The molecule has 0 amide bonds. The summed E-state index contributed by atoms with van der Waals surface area (Å²) in [5.74, 6) is 0. The second kappa shape index (κ2) is 5.97. The van der Waals surface area contributed by atoms with Gasteiger partial charge in [0, 0.05) is 0 Å². The van der Waals surface area contributed by atoms with Crippen molar-refractivity contribution in [2.45, 2.75) is 18.0 Å². The fourth-order valence-corrected chi connectivity index (χ4v) is 2.23. The van der Waals surface area contributed by atoms with Crippen molar-refractivity contribution in [1.29, 1.82) is 0 Å². The van der Waals surface area contributed by atoms with Gasteiger partial charge in [-0.1, -0.05) is 60.7 Å². The minimum atomic E-state index is -0.858. The summed E-state index contributed by atoms with van der Waals surface area (Å²) in [5.41, 5.74) is 13.7. The number of nitrogens with two attached hydrogens (primary N) is 2. The van der Waals surface area contributed by atoms with Crippen molar-refractivity contribution in [1.82, 2.24) is 0 Å². The van der Waals surface area contributed by atoms with E-state index in [1.54, 1.807) is 0 Å². The van der Waals surface area contributed by atoms with Crippen molar-refractivity contribution in [3.63, 3.8) is 0 Å². The number of aliphatic hydroxyl groups is 1. The Morgan fingerprint density at radius 2 is 1.47 bits per heavy atom. The van der Waals surface area contributed by atoms with Crippen molar-refractivity contribution in [3.8, 4) is 0 Å². The quantitative estimate of drug-likeness (QED) is 0.761. The lowest BCUT2D eigenvalue weighted by molar-refractivity contribution is 0.170. The number of rotatable bonds is 5. The largest absolute Gasteiger partial charge is 0.394 e. The molecule has 3 heteroatoms. The van der Waals surface area contributed by atoms with Crippen molar-refractivity contribution >= 4 is 0 Å². The first-order chi connectivity index (χ1) is 9.15. The predicted octanol–water partition coefficient (Wildman–Crippen LogP) is 1.62. The van der Waals surface area contributed by atoms with E-state index < -0.39 is 11.6 Å². The molecule has 0 saturated carbocycles. The molecule has 3 nitrogen and oxygen atoms in total. The molecule has 0 aromatic heterocycles. The van der Waals surface area contributed by atoms with Crippen molar-refractivity contribution in [2.75, 3.05) is 6.61 Å². The van der Waals surface area contributed by atoms with E-state index in [1.807, 2.05) is 60.7 Å². The highest BCUT2D eigenvalue weighted by molar-refractivity contribution is 5.26. The first-order valence-corrected chi connectivity index (χ1v) is 6.40. The van der Waals surface area contributed by atoms with Gasteiger partial charge in [-0.05, 0) is 17.5 Å². The van der Waals surface area contributed by atoms with Crippen LogP contribution in [0.2, 0.25) is 0 Å². The Kier molecular flexibility index (Phi) is 4.32. The predicted molar refractivity (Wildman–Crippen MR) is 77.5 cm³/mol. The molecule has 0 aliphatic carbocycles. The molecule has 0 aliphatic heterocycles. The molecular weight excluding hydrogens is 236 g/mol. The monoisotopic (exact) mass is 256 g/mol. The molecule has 0 spiro atoms. The van der Waals surface area contributed by atoms with Crippen LogP contribution >= 0.6 is 0 Å².